The molecule has 2 N–H and O–H groups in total. The van der Waals surface area contributed by atoms with Gasteiger partial charge < -0.3 is 10.3 Å². The molecule has 0 saturated heterocycles. The van der Waals surface area contributed by atoms with Crippen molar-refractivity contribution in [1.29, 1.82) is 0 Å². The van der Waals surface area contributed by atoms with Gasteiger partial charge in [-0.05, 0) is 29.3 Å². The summed E-state index contributed by atoms with van der Waals surface area (Å²) in [4.78, 5) is 20.6. The van der Waals surface area contributed by atoms with Crippen LogP contribution in [-0.4, -0.2) is 28.2 Å². The Morgan fingerprint density at radius 1 is 1.00 bits per heavy atom. The van der Waals surface area contributed by atoms with Crippen LogP contribution in [0.1, 0.15) is 22.1 Å². The van der Waals surface area contributed by atoms with E-state index in [1.807, 2.05) is 42.5 Å². The van der Waals surface area contributed by atoms with Gasteiger partial charge in [0.1, 0.15) is 5.01 Å². The molecule has 0 aliphatic heterocycles. The van der Waals surface area contributed by atoms with Gasteiger partial charge >= 0.3 is 0 Å². The molecule has 0 aliphatic carbocycles. The van der Waals surface area contributed by atoms with Gasteiger partial charge in [0.05, 0.1) is 16.0 Å². The molecular formula is C26H23N3OS2. The average molecular weight is 458 g/mol. The number of thioether (sulfide) groups is 1. The second kappa shape index (κ2) is 9.59. The van der Waals surface area contributed by atoms with Crippen molar-refractivity contribution in [1.82, 2.24) is 15.3 Å². The second-order valence-electron chi connectivity index (χ2n) is 7.63. The fraction of sp³-hybridized carbons (Fsp3) is 0.154. The molecule has 160 valence electrons. The molecule has 1 unspecified atom stereocenters. The van der Waals surface area contributed by atoms with Gasteiger partial charge in [0.25, 0.3) is 0 Å². The van der Waals surface area contributed by atoms with E-state index in [1.165, 1.54) is 21.2 Å². The first kappa shape index (κ1) is 20.8. The lowest BCUT2D eigenvalue weighted by atomic mass is 9.91. The van der Waals surface area contributed by atoms with Crippen molar-refractivity contribution < 1.29 is 4.79 Å². The number of para-hydroxylation sites is 2. The van der Waals surface area contributed by atoms with Gasteiger partial charge in [-0.3, -0.25) is 4.79 Å². The van der Waals surface area contributed by atoms with Gasteiger partial charge in [-0.15, -0.1) is 23.1 Å². The van der Waals surface area contributed by atoms with E-state index in [0.29, 0.717) is 12.3 Å². The number of aromatic nitrogens is 2. The van der Waals surface area contributed by atoms with Crippen LogP contribution in [0.2, 0.25) is 0 Å². The van der Waals surface area contributed by atoms with Crippen LogP contribution in [0.25, 0.3) is 21.1 Å². The number of hydrogen-bond acceptors (Lipinski definition) is 4. The minimum Gasteiger partial charge on any atom is -0.361 e. The van der Waals surface area contributed by atoms with E-state index in [1.54, 1.807) is 23.1 Å². The number of thiazole rings is 1. The summed E-state index contributed by atoms with van der Waals surface area (Å²) < 4.78 is 1.19. The topological polar surface area (TPSA) is 57.8 Å². The number of rotatable bonds is 8. The Morgan fingerprint density at radius 3 is 2.66 bits per heavy atom. The molecule has 0 fully saturated rings. The summed E-state index contributed by atoms with van der Waals surface area (Å²) in [6, 6.07) is 26.8. The summed E-state index contributed by atoms with van der Waals surface area (Å²) in [5, 5.41) is 5.41. The predicted molar refractivity (Wildman–Crippen MR) is 135 cm³/mol. The second-order valence-corrected chi connectivity index (χ2v) is 9.73. The lowest BCUT2D eigenvalue weighted by Crippen LogP contribution is -2.30. The summed E-state index contributed by atoms with van der Waals surface area (Å²) >= 11 is 3.30. The molecule has 0 radical (unpaired) electrons. The van der Waals surface area contributed by atoms with Gasteiger partial charge in [-0.25, -0.2) is 4.98 Å². The smallest absolute Gasteiger partial charge is 0.230 e. The zero-order valence-corrected chi connectivity index (χ0v) is 19.1. The summed E-state index contributed by atoms with van der Waals surface area (Å²) in [6.45, 7) is 0.562. The number of carbonyl (C=O) groups excluding carboxylic acids is 1. The third-order valence-electron chi connectivity index (χ3n) is 5.50. The molecule has 2 heterocycles. The number of fused-ring (bicyclic) bond motifs is 2. The predicted octanol–water partition coefficient (Wildman–Crippen LogP) is 5.96. The van der Waals surface area contributed by atoms with Crippen LogP contribution in [0.4, 0.5) is 0 Å². The third kappa shape index (κ3) is 4.56. The maximum atomic E-state index is 12.6. The number of amides is 1. The van der Waals surface area contributed by atoms with Crippen molar-refractivity contribution in [2.75, 3.05) is 12.3 Å². The summed E-state index contributed by atoms with van der Waals surface area (Å²) in [6.07, 6.45) is 2.07. The van der Waals surface area contributed by atoms with Gasteiger partial charge in [0.2, 0.25) is 5.91 Å². The molecule has 4 nitrogen and oxygen atoms in total. The van der Waals surface area contributed by atoms with Gasteiger partial charge in [0, 0.05) is 35.3 Å². The van der Waals surface area contributed by atoms with Crippen molar-refractivity contribution >= 4 is 50.1 Å². The molecule has 6 heteroatoms. The minimum atomic E-state index is 0.0527. The van der Waals surface area contributed by atoms with E-state index < -0.39 is 0 Å². The highest BCUT2D eigenvalue weighted by atomic mass is 32.2. The average Bonchev–Trinajstić information content (AvgIpc) is 3.44. The van der Waals surface area contributed by atoms with E-state index in [4.69, 9.17) is 0 Å². The highest BCUT2D eigenvalue weighted by molar-refractivity contribution is 7.99. The van der Waals surface area contributed by atoms with Crippen LogP contribution in [-0.2, 0) is 10.5 Å². The Kier molecular flexibility index (Phi) is 6.23. The zero-order chi connectivity index (χ0) is 21.8. The molecule has 5 aromatic rings. The lowest BCUT2D eigenvalue weighted by Gasteiger charge is -2.18. The first-order valence-corrected chi connectivity index (χ1v) is 12.5. The van der Waals surface area contributed by atoms with Gasteiger partial charge in [0.15, 0.2) is 0 Å². The molecule has 5 rings (SSSR count). The molecule has 0 saturated carbocycles. The molecule has 1 amide bonds. The first-order chi connectivity index (χ1) is 15.8. The Labute approximate surface area is 195 Å². The zero-order valence-electron chi connectivity index (χ0n) is 17.5. The quantitative estimate of drug-likeness (QED) is 0.302. The Bertz CT molecular complexity index is 1310. The van der Waals surface area contributed by atoms with Crippen LogP contribution in [0.3, 0.4) is 0 Å². The largest absolute Gasteiger partial charge is 0.361 e. The summed E-state index contributed by atoms with van der Waals surface area (Å²) in [7, 11) is 0. The Morgan fingerprint density at radius 2 is 1.78 bits per heavy atom. The fourth-order valence-electron chi connectivity index (χ4n) is 3.95. The SMILES string of the molecule is O=C(CSCc1nc2ccccc2s1)NCC(c1ccccc1)c1c[nH]c2ccccc12. The highest BCUT2D eigenvalue weighted by Crippen LogP contribution is 2.30. The van der Waals surface area contributed by atoms with E-state index in [-0.39, 0.29) is 11.8 Å². The monoisotopic (exact) mass is 457 g/mol. The minimum absolute atomic E-state index is 0.0527. The first-order valence-electron chi connectivity index (χ1n) is 10.6. The number of H-pyrrole nitrogens is 1. The molecule has 2 aromatic heterocycles. The van der Waals surface area contributed by atoms with Gasteiger partial charge in [-0.1, -0.05) is 60.7 Å². The van der Waals surface area contributed by atoms with Crippen molar-refractivity contribution in [3.8, 4) is 0 Å². The molecule has 0 aliphatic rings. The van der Waals surface area contributed by atoms with Crippen LogP contribution in [0, 0.1) is 0 Å². The standard InChI is InChI=1S/C26H23N3OS2/c30-25(16-31-17-26-29-23-12-6-7-13-24(23)32-26)28-14-20(18-8-2-1-3-9-18)21-15-27-22-11-5-4-10-19(21)22/h1-13,15,20,27H,14,16-17H2,(H,28,30). The summed E-state index contributed by atoms with van der Waals surface area (Å²) in [5.41, 5.74) is 4.54. The molecule has 0 bridgehead atoms. The molecule has 0 spiro atoms. The lowest BCUT2D eigenvalue weighted by molar-refractivity contribution is -0.118. The van der Waals surface area contributed by atoms with Crippen molar-refractivity contribution in [2.24, 2.45) is 0 Å². The van der Waals surface area contributed by atoms with Crippen molar-refractivity contribution in [2.45, 2.75) is 11.7 Å². The summed E-state index contributed by atoms with van der Waals surface area (Å²) in [5.74, 6) is 1.31. The number of nitrogens with zero attached hydrogens (tertiary/aromatic N) is 1. The van der Waals surface area contributed by atoms with Crippen LogP contribution < -0.4 is 5.32 Å². The van der Waals surface area contributed by atoms with Crippen LogP contribution in [0.5, 0.6) is 0 Å². The van der Waals surface area contributed by atoms with Gasteiger partial charge in [-0.2, -0.15) is 0 Å². The molecule has 32 heavy (non-hydrogen) atoms. The number of hydrogen-bond donors (Lipinski definition) is 2. The van der Waals surface area contributed by atoms with Crippen molar-refractivity contribution in [3.05, 3.63) is 101 Å². The Hall–Kier alpha value is -3.09. The fourth-order valence-corrected chi connectivity index (χ4v) is 5.83. The number of carbonyl (C=O) groups is 1. The maximum Gasteiger partial charge on any atom is 0.230 e. The van der Waals surface area contributed by atoms with E-state index in [0.717, 1.165) is 21.8 Å². The van der Waals surface area contributed by atoms with E-state index in [9.17, 15) is 4.79 Å². The van der Waals surface area contributed by atoms with Crippen LogP contribution in [0.15, 0.2) is 85.1 Å². The van der Waals surface area contributed by atoms with E-state index in [2.05, 4.69) is 57.9 Å². The van der Waals surface area contributed by atoms with Crippen LogP contribution >= 0.6 is 23.1 Å². The van der Waals surface area contributed by atoms with E-state index >= 15 is 0 Å². The van der Waals surface area contributed by atoms with Crippen molar-refractivity contribution in [3.63, 3.8) is 0 Å². The highest BCUT2D eigenvalue weighted by Gasteiger charge is 2.19. The number of nitrogens with one attached hydrogen (secondary N) is 2. The normalized spacial score (nSPS) is 12.2. The third-order valence-corrected chi connectivity index (χ3v) is 7.66. The molecule has 3 aromatic carbocycles. The number of benzene rings is 3. The Balaban J connectivity index is 1.23. The molecule has 1 atom stereocenters. The maximum absolute atomic E-state index is 12.6. The number of aromatic amines is 1. The molecular weight excluding hydrogens is 434 g/mol.